The number of carbonyl (C=O) groups is 1. The van der Waals surface area contributed by atoms with Crippen LogP contribution in [-0.2, 0) is 17.8 Å². The zero-order valence-electron chi connectivity index (χ0n) is 14.9. The van der Waals surface area contributed by atoms with E-state index >= 15 is 0 Å². The van der Waals surface area contributed by atoms with E-state index in [4.69, 9.17) is 9.15 Å². The number of rotatable bonds is 7. The van der Waals surface area contributed by atoms with Gasteiger partial charge in [-0.2, -0.15) is 0 Å². The minimum Gasteiger partial charge on any atom is -0.497 e. The maximum atomic E-state index is 12.0. The smallest absolute Gasteiger partial charge is 0.247 e. The summed E-state index contributed by atoms with van der Waals surface area (Å²) in [5, 5.41) is 10.9. The SMILES string of the molecule is COc1ccc(-c2nnc(CCC(=O)NCc3cccc(C)c3)o2)cc1. The first-order chi connectivity index (χ1) is 12.6. The minimum atomic E-state index is -0.0456. The molecule has 0 aliphatic rings. The Hall–Kier alpha value is -3.15. The van der Waals surface area contributed by atoms with E-state index in [1.165, 1.54) is 5.56 Å². The Morgan fingerprint density at radius 2 is 1.96 bits per heavy atom. The molecule has 0 unspecified atom stereocenters. The molecule has 2 aromatic carbocycles. The molecule has 0 atom stereocenters. The predicted molar refractivity (Wildman–Crippen MR) is 97.6 cm³/mol. The summed E-state index contributed by atoms with van der Waals surface area (Å²) in [5.41, 5.74) is 3.07. The molecule has 1 amide bonds. The maximum absolute atomic E-state index is 12.0. The molecule has 0 saturated heterocycles. The molecule has 3 rings (SSSR count). The standard InChI is InChI=1S/C20H21N3O3/c1-14-4-3-5-15(12-14)13-21-18(24)10-11-19-22-23-20(26-19)16-6-8-17(25-2)9-7-16/h3-9,12H,10-11,13H2,1-2H3,(H,21,24). The van der Waals surface area contributed by atoms with Crippen molar-refractivity contribution >= 4 is 5.91 Å². The highest BCUT2D eigenvalue weighted by Gasteiger charge is 2.10. The molecule has 0 radical (unpaired) electrons. The van der Waals surface area contributed by atoms with Gasteiger partial charge in [0.15, 0.2) is 0 Å². The average molecular weight is 351 g/mol. The van der Waals surface area contributed by atoms with Gasteiger partial charge in [0.2, 0.25) is 17.7 Å². The summed E-state index contributed by atoms with van der Waals surface area (Å²) < 4.78 is 10.8. The van der Waals surface area contributed by atoms with Crippen LogP contribution >= 0.6 is 0 Å². The number of benzene rings is 2. The van der Waals surface area contributed by atoms with Gasteiger partial charge in [0.05, 0.1) is 7.11 Å². The molecular weight excluding hydrogens is 330 g/mol. The van der Waals surface area contributed by atoms with Crippen molar-refractivity contribution < 1.29 is 13.9 Å². The highest BCUT2D eigenvalue weighted by Crippen LogP contribution is 2.21. The van der Waals surface area contributed by atoms with Gasteiger partial charge in [-0.3, -0.25) is 4.79 Å². The molecule has 6 nitrogen and oxygen atoms in total. The molecule has 1 N–H and O–H groups in total. The van der Waals surface area contributed by atoms with Gasteiger partial charge in [-0.25, -0.2) is 0 Å². The first-order valence-electron chi connectivity index (χ1n) is 8.43. The summed E-state index contributed by atoms with van der Waals surface area (Å²) in [6.45, 7) is 2.54. The fourth-order valence-electron chi connectivity index (χ4n) is 2.54. The van der Waals surface area contributed by atoms with Gasteiger partial charge in [-0.15, -0.1) is 10.2 Å². The normalized spacial score (nSPS) is 10.5. The molecule has 26 heavy (non-hydrogen) atoms. The van der Waals surface area contributed by atoms with E-state index in [1.807, 2.05) is 49.4 Å². The van der Waals surface area contributed by atoms with Gasteiger partial charge in [-0.1, -0.05) is 29.8 Å². The zero-order valence-corrected chi connectivity index (χ0v) is 14.9. The van der Waals surface area contributed by atoms with Crippen molar-refractivity contribution in [3.63, 3.8) is 0 Å². The molecule has 0 aliphatic heterocycles. The van der Waals surface area contributed by atoms with E-state index in [0.29, 0.717) is 31.2 Å². The highest BCUT2D eigenvalue weighted by atomic mass is 16.5. The molecule has 1 aromatic heterocycles. The van der Waals surface area contributed by atoms with Crippen molar-refractivity contribution in [1.82, 2.24) is 15.5 Å². The van der Waals surface area contributed by atoms with Gasteiger partial charge < -0.3 is 14.5 Å². The molecule has 6 heteroatoms. The molecule has 1 heterocycles. The summed E-state index contributed by atoms with van der Waals surface area (Å²) in [7, 11) is 1.61. The quantitative estimate of drug-likeness (QED) is 0.707. The second-order valence-electron chi connectivity index (χ2n) is 6.00. The number of methoxy groups -OCH3 is 1. The van der Waals surface area contributed by atoms with Crippen LogP contribution < -0.4 is 10.1 Å². The summed E-state index contributed by atoms with van der Waals surface area (Å²) in [6.07, 6.45) is 0.707. The van der Waals surface area contributed by atoms with Crippen LogP contribution in [0.15, 0.2) is 52.9 Å². The Morgan fingerprint density at radius 1 is 1.15 bits per heavy atom. The van der Waals surface area contributed by atoms with Gasteiger partial charge in [0.1, 0.15) is 5.75 Å². The number of aryl methyl sites for hydroxylation is 2. The van der Waals surface area contributed by atoms with Crippen molar-refractivity contribution in [2.24, 2.45) is 0 Å². The molecule has 3 aromatic rings. The summed E-state index contributed by atoms with van der Waals surface area (Å²) in [5.74, 6) is 1.60. The molecule has 0 aliphatic carbocycles. The molecule has 0 bridgehead atoms. The van der Waals surface area contributed by atoms with Crippen LogP contribution in [0.2, 0.25) is 0 Å². The molecule has 0 fully saturated rings. The number of hydrogen-bond acceptors (Lipinski definition) is 5. The lowest BCUT2D eigenvalue weighted by Crippen LogP contribution is -2.23. The van der Waals surface area contributed by atoms with Crippen LogP contribution in [0, 0.1) is 6.92 Å². The van der Waals surface area contributed by atoms with Crippen molar-refractivity contribution in [2.45, 2.75) is 26.3 Å². The van der Waals surface area contributed by atoms with Crippen LogP contribution in [-0.4, -0.2) is 23.2 Å². The lowest BCUT2D eigenvalue weighted by atomic mass is 10.1. The Balaban J connectivity index is 1.50. The predicted octanol–water partition coefficient (Wildman–Crippen LogP) is 3.30. The number of amides is 1. The largest absolute Gasteiger partial charge is 0.497 e. The molecular formula is C20H21N3O3. The van der Waals surface area contributed by atoms with Crippen molar-refractivity contribution in [3.05, 3.63) is 65.5 Å². The van der Waals surface area contributed by atoms with E-state index < -0.39 is 0 Å². The van der Waals surface area contributed by atoms with Crippen LogP contribution in [0.25, 0.3) is 11.5 Å². The fourth-order valence-corrected chi connectivity index (χ4v) is 2.54. The summed E-state index contributed by atoms with van der Waals surface area (Å²) in [4.78, 5) is 12.0. The van der Waals surface area contributed by atoms with Gasteiger partial charge in [0.25, 0.3) is 0 Å². The summed E-state index contributed by atoms with van der Waals surface area (Å²) >= 11 is 0. The van der Waals surface area contributed by atoms with Crippen LogP contribution in [0.1, 0.15) is 23.4 Å². The highest BCUT2D eigenvalue weighted by molar-refractivity contribution is 5.76. The van der Waals surface area contributed by atoms with E-state index in [9.17, 15) is 4.79 Å². The van der Waals surface area contributed by atoms with E-state index in [0.717, 1.165) is 16.9 Å². The Kier molecular flexibility index (Phi) is 5.63. The molecule has 0 spiro atoms. The maximum Gasteiger partial charge on any atom is 0.247 e. The first-order valence-corrected chi connectivity index (χ1v) is 8.43. The van der Waals surface area contributed by atoms with E-state index in [2.05, 4.69) is 21.6 Å². The van der Waals surface area contributed by atoms with E-state index in [-0.39, 0.29) is 5.91 Å². The number of nitrogens with one attached hydrogen (secondary N) is 1. The molecule has 134 valence electrons. The Bertz CT molecular complexity index is 872. The average Bonchev–Trinajstić information content (AvgIpc) is 3.14. The second kappa shape index (κ2) is 8.29. The summed E-state index contributed by atoms with van der Waals surface area (Å²) in [6, 6.07) is 15.4. The third kappa shape index (κ3) is 4.69. The van der Waals surface area contributed by atoms with Crippen LogP contribution in [0.5, 0.6) is 5.75 Å². The number of nitrogens with zero attached hydrogens (tertiary/aromatic N) is 2. The van der Waals surface area contributed by atoms with E-state index in [1.54, 1.807) is 7.11 Å². The van der Waals surface area contributed by atoms with Gasteiger partial charge in [-0.05, 0) is 36.8 Å². The molecule has 0 saturated carbocycles. The third-order valence-electron chi connectivity index (χ3n) is 3.94. The van der Waals surface area contributed by atoms with Crippen molar-refractivity contribution in [1.29, 1.82) is 0 Å². The number of aromatic nitrogens is 2. The number of carbonyl (C=O) groups excluding carboxylic acids is 1. The Labute approximate surface area is 152 Å². The number of ether oxygens (including phenoxy) is 1. The fraction of sp³-hybridized carbons (Fsp3) is 0.250. The monoisotopic (exact) mass is 351 g/mol. The lowest BCUT2D eigenvalue weighted by Gasteiger charge is -2.05. The lowest BCUT2D eigenvalue weighted by molar-refractivity contribution is -0.121. The van der Waals surface area contributed by atoms with Crippen molar-refractivity contribution in [3.8, 4) is 17.2 Å². The number of hydrogen-bond donors (Lipinski definition) is 1. The van der Waals surface area contributed by atoms with Gasteiger partial charge >= 0.3 is 0 Å². The topological polar surface area (TPSA) is 77.2 Å². The first kappa shape index (κ1) is 17.7. The van der Waals surface area contributed by atoms with Crippen LogP contribution in [0.3, 0.4) is 0 Å². The zero-order chi connectivity index (χ0) is 18.4. The van der Waals surface area contributed by atoms with Crippen molar-refractivity contribution in [2.75, 3.05) is 7.11 Å². The second-order valence-corrected chi connectivity index (χ2v) is 6.00. The van der Waals surface area contributed by atoms with Crippen LogP contribution in [0.4, 0.5) is 0 Å². The third-order valence-corrected chi connectivity index (χ3v) is 3.94. The Morgan fingerprint density at radius 3 is 2.69 bits per heavy atom. The van der Waals surface area contributed by atoms with Gasteiger partial charge in [0, 0.05) is 24.9 Å². The minimum absolute atomic E-state index is 0.0456.